The number of benzene rings is 1. The van der Waals surface area contributed by atoms with Crippen molar-refractivity contribution in [2.45, 2.75) is 52.2 Å². The molecule has 1 saturated heterocycles. The third-order valence-corrected chi connectivity index (χ3v) is 4.83. The minimum atomic E-state index is -0.461. The summed E-state index contributed by atoms with van der Waals surface area (Å²) < 4.78 is 0. The molecule has 1 aliphatic rings. The number of hydrogen-bond acceptors (Lipinski definition) is 4. The molecular formula is C20H34Cl2N4O2. The van der Waals surface area contributed by atoms with Gasteiger partial charge in [0, 0.05) is 19.6 Å². The Morgan fingerprint density at radius 2 is 1.93 bits per heavy atom. The number of primary amides is 1. The molecule has 2 rings (SSSR count). The molecule has 28 heavy (non-hydrogen) atoms. The second-order valence-corrected chi connectivity index (χ2v) is 7.75. The number of nitrogens with one attached hydrogen (secondary N) is 1. The van der Waals surface area contributed by atoms with Gasteiger partial charge < -0.3 is 16.8 Å². The summed E-state index contributed by atoms with van der Waals surface area (Å²) in [7, 11) is 0. The fraction of sp³-hybridized carbons (Fsp3) is 0.600. The van der Waals surface area contributed by atoms with Crippen molar-refractivity contribution >= 4 is 36.6 Å². The Kier molecular flexibility index (Phi) is 12.4. The summed E-state index contributed by atoms with van der Waals surface area (Å²) in [6.07, 6.45) is 2.56. The highest BCUT2D eigenvalue weighted by atomic mass is 35.5. The van der Waals surface area contributed by atoms with Gasteiger partial charge in [0.1, 0.15) is 0 Å². The van der Waals surface area contributed by atoms with Gasteiger partial charge in [-0.1, -0.05) is 38.1 Å². The number of carbonyl (C=O) groups excluding carboxylic acids is 2. The first-order valence-electron chi connectivity index (χ1n) is 9.48. The van der Waals surface area contributed by atoms with Crippen molar-refractivity contribution < 1.29 is 9.59 Å². The molecule has 0 saturated carbocycles. The third kappa shape index (κ3) is 8.78. The lowest BCUT2D eigenvalue weighted by molar-refractivity contribution is -0.124. The minimum Gasteiger partial charge on any atom is -0.369 e. The zero-order valence-electron chi connectivity index (χ0n) is 16.7. The van der Waals surface area contributed by atoms with E-state index in [1.54, 1.807) is 0 Å². The molecule has 5 N–H and O–H groups in total. The van der Waals surface area contributed by atoms with E-state index in [0.29, 0.717) is 18.9 Å². The summed E-state index contributed by atoms with van der Waals surface area (Å²) in [5, 5.41) is 2.92. The topological polar surface area (TPSA) is 101 Å². The summed E-state index contributed by atoms with van der Waals surface area (Å²) in [6, 6.07) is 7.71. The number of piperidine rings is 1. The van der Waals surface area contributed by atoms with Gasteiger partial charge >= 0.3 is 0 Å². The molecule has 6 nitrogen and oxygen atoms in total. The zero-order chi connectivity index (χ0) is 19.1. The number of amides is 2. The molecule has 0 aromatic heterocycles. The highest BCUT2D eigenvalue weighted by Gasteiger charge is 2.23. The quantitative estimate of drug-likeness (QED) is 0.585. The normalized spacial score (nSPS) is 17.9. The highest BCUT2D eigenvalue weighted by Crippen LogP contribution is 2.18. The molecule has 2 amide bonds. The van der Waals surface area contributed by atoms with E-state index in [2.05, 4.69) is 36.2 Å². The molecule has 1 fully saturated rings. The highest BCUT2D eigenvalue weighted by molar-refractivity contribution is 5.85. The van der Waals surface area contributed by atoms with Crippen LogP contribution in [0.2, 0.25) is 0 Å². The van der Waals surface area contributed by atoms with Gasteiger partial charge in [0.2, 0.25) is 11.8 Å². The monoisotopic (exact) mass is 432 g/mol. The van der Waals surface area contributed by atoms with Crippen molar-refractivity contribution in [1.29, 1.82) is 0 Å². The van der Waals surface area contributed by atoms with Crippen LogP contribution < -0.4 is 16.8 Å². The maximum Gasteiger partial charge on any atom is 0.237 e. The smallest absolute Gasteiger partial charge is 0.237 e. The summed E-state index contributed by atoms with van der Waals surface area (Å²) in [5.74, 6) is 0.0369. The number of nitrogens with zero attached hydrogens (tertiary/aromatic N) is 1. The predicted octanol–water partition coefficient (Wildman–Crippen LogP) is 2.22. The molecule has 160 valence electrons. The zero-order valence-corrected chi connectivity index (χ0v) is 18.4. The number of hydrogen-bond donors (Lipinski definition) is 3. The molecule has 2 atom stereocenters. The Morgan fingerprint density at radius 1 is 1.25 bits per heavy atom. The standard InChI is InChI=1S/C20H32N4O2.2ClH/c1-14(2)9-18(21)20(26)23-11-15-5-3-6-16(10-15)12-24-8-4-7-17(13-24)19(22)25;;/h3,5-6,10,14,17-18H,4,7-9,11-13,21H2,1-2H3,(H2,22,25)(H,23,26);2*1H/t17?,18-;;/m0../s1. The van der Waals surface area contributed by atoms with Crippen molar-refractivity contribution in [3.8, 4) is 0 Å². The molecule has 0 radical (unpaired) electrons. The van der Waals surface area contributed by atoms with E-state index < -0.39 is 6.04 Å². The molecular weight excluding hydrogens is 399 g/mol. The van der Waals surface area contributed by atoms with Crippen LogP contribution >= 0.6 is 24.8 Å². The van der Waals surface area contributed by atoms with Crippen LogP contribution in [0.3, 0.4) is 0 Å². The second kappa shape index (κ2) is 13.0. The van der Waals surface area contributed by atoms with Gasteiger partial charge in [-0.25, -0.2) is 0 Å². The molecule has 1 aromatic carbocycles. The minimum absolute atomic E-state index is 0. The molecule has 1 aliphatic heterocycles. The van der Waals surface area contributed by atoms with Crippen LogP contribution in [0.15, 0.2) is 24.3 Å². The largest absolute Gasteiger partial charge is 0.369 e. The number of nitrogens with two attached hydrogens (primary N) is 2. The van der Waals surface area contributed by atoms with Crippen LogP contribution in [0.5, 0.6) is 0 Å². The Bertz CT molecular complexity index is 628. The van der Waals surface area contributed by atoms with Gasteiger partial charge in [0.15, 0.2) is 0 Å². The van der Waals surface area contributed by atoms with Crippen LogP contribution in [0, 0.1) is 11.8 Å². The first-order chi connectivity index (χ1) is 12.3. The van der Waals surface area contributed by atoms with E-state index in [9.17, 15) is 9.59 Å². The van der Waals surface area contributed by atoms with Crippen LogP contribution in [0.25, 0.3) is 0 Å². The summed E-state index contributed by atoms with van der Waals surface area (Å²) in [6.45, 7) is 7.08. The van der Waals surface area contributed by atoms with Crippen molar-refractivity contribution in [2.24, 2.45) is 23.3 Å². The van der Waals surface area contributed by atoms with Crippen LogP contribution in [0.4, 0.5) is 0 Å². The van der Waals surface area contributed by atoms with Crippen molar-refractivity contribution in [3.05, 3.63) is 35.4 Å². The van der Waals surface area contributed by atoms with Gasteiger partial charge in [0.25, 0.3) is 0 Å². The van der Waals surface area contributed by atoms with E-state index >= 15 is 0 Å². The Hall–Kier alpha value is -1.34. The van der Waals surface area contributed by atoms with E-state index in [-0.39, 0.29) is 42.5 Å². The predicted molar refractivity (Wildman–Crippen MR) is 117 cm³/mol. The SMILES string of the molecule is CC(C)C[C@H](N)C(=O)NCc1cccc(CN2CCCC(C(N)=O)C2)c1.Cl.Cl. The van der Waals surface area contributed by atoms with E-state index in [1.165, 1.54) is 5.56 Å². The summed E-state index contributed by atoms with van der Waals surface area (Å²) >= 11 is 0. The Morgan fingerprint density at radius 3 is 2.57 bits per heavy atom. The molecule has 0 spiro atoms. The van der Waals surface area contributed by atoms with Gasteiger partial charge in [-0.3, -0.25) is 14.5 Å². The van der Waals surface area contributed by atoms with E-state index in [1.807, 2.05) is 12.1 Å². The lowest BCUT2D eigenvalue weighted by Crippen LogP contribution is -2.41. The number of halogens is 2. The van der Waals surface area contributed by atoms with Gasteiger partial charge in [-0.2, -0.15) is 0 Å². The summed E-state index contributed by atoms with van der Waals surface area (Å²) in [5.41, 5.74) is 13.6. The Labute approximate surface area is 180 Å². The van der Waals surface area contributed by atoms with Crippen molar-refractivity contribution in [3.63, 3.8) is 0 Å². The molecule has 0 aliphatic carbocycles. The maximum atomic E-state index is 12.1. The van der Waals surface area contributed by atoms with E-state index in [4.69, 9.17) is 11.5 Å². The number of likely N-dealkylation sites (tertiary alicyclic amines) is 1. The third-order valence-electron chi connectivity index (χ3n) is 4.83. The molecule has 1 unspecified atom stereocenters. The number of rotatable bonds is 8. The van der Waals surface area contributed by atoms with Crippen molar-refractivity contribution in [2.75, 3.05) is 13.1 Å². The first-order valence-corrected chi connectivity index (χ1v) is 9.48. The summed E-state index contributed by atoms with van der Waals surface area (Å²) in [4.78, 5) is 25.8. The van der Waals surface area contributed by atoms with Crippen LogP contribution in [-0.2, 0) is 22.7 Å². The van der Waals surface area contributed by atoms with Crippen LogP contribution in [0.1, 0.15) is 44.2 Å². The maximum absolute atomic E-state index is 12.1. The van der Waals surface area contributed by atoms with Gasteiger partial charge in [-0.05, 0) is 42.9 Å². The van der Waals surface area contributed by atoms with E-state index in [0.717, 1.165) is 38.0 Å². The first kappa shape index (κ1) is 26.7. The molecule has 0 bridgehead atoms. The van der Waals surface area contributed by atoms with Crippen LogP contribution in [-0.4, -0.2) is 35.8 Å². The average molecular weight is 433 g/mol. The molecule has 1 heterocycles. The van der Waals surface area contributed by atoms with Gasteiger partial charge in [0.05, 0.1) is 12.0 Å². The fourth-order valence-corrected chi connectivity index (χ4v) is 3.46. The van der Waals surface area contributed by atoms with Gasteiger partial charge in [-0.15, -0.1) is 24.8 Å². The Balaban J connectivity index is 0.00000364. The lowest BCUT2D eigenvalue weighted by Gasteiger charge is -2.31. The molecule has 8 heteroatoms. The fourth-order valence-electron chi connectivity index (χ4n) is 3.46. The average Bonchev–Trinajstić information content (AvgIpc) is 2.59. The lowest BCUT2D eigenvalue weighted by atomic mass is 9.97. The number of carbonyl (C=O) groups is 2. The van der Waals surface area contributed by atoms with Crippen molar-refractivity contribution in [1.82, 2.24) is 10.2 Å². The molecule has 1 aromatic rings. The second-order valence-electron chi connectivity index (χ2n) is 7.75.